The van der Waals surface area contributed by atoms with Crippen LogP contribution in [0, 0.1) is 6.92 Å². The molecule has 0 unspecified atom stereocenters. The molecule has 0 heterocycles. The lowest BCUT2D eigenvalue weighted by Gasteiger charge is -2.10. The molecule has 0 saturated carbocycles. The van der Waals surface area contributed by atoms with E-state index in [9.17, 15) is 9.90 Å². The number of hydrogen-bond donors (Lipinski definition) is 1. The van der Waals surface area contributed by atoms with Crippen molar-refractivity contribution in [3.63, 3.8) is 0 Å². The zero-order valence-corrected chi connectivity index (χ0v) is 9.90. The number of carbonyl (C=O) groups is 1. The summed E-state index contributed by atoms with van der Waals surface area (Å²) in [6, 6.07) is 13.2. The largest absolute Gasteiger partial charge is 0.507 e. The first kappa shape index (κ1) is 11.4. The molecule has 0 aliphatic heterocycles. The van der Waals surface area contributed by atoms with Crippen LogP contribution in [0.2, 0.25) is 0 Å². The monoisotopic (exact) mass is 226 g/mol. The van der Waals surface area contributed by atoms with Crippen LogP contribution in [0.25, 0.3) is 11.1 Å². The molecule has 2 aromatic rings. The third kappa shape index (κ3) is 2.21. The SMILES string of the molecule is CC(=O)c1c(O)cc(C)cc1-c1ccccc1. The quantitative estimate of drug-likeness (QED) is 0.795. The molecule has 0 atom stereocenters. The summed E-state index contributed by atoms with van der Waals surface area (Å²) >= 11 is 0. The van der Waals surface area contributed by atoms with Gasteiger partial charge in [-0.05, 0) is 36.6 Å². The predicted molar refractivity (Wildman–Crippen MR) is 68.3 cm³/mol. The Morgan fingerprint density at radius 2 is 1.76 bits per heavy atom. The number of ketones is 1. The minimum Gasteiger partial charge on any atom is -0.507 e. The molecule has 0 saturated heterocycles. The van der Waals surface area contributed by atoms with Gasteiger partial charge in [0.2, 0.25) is 0 Å². The van der Waals surface area contributed by atoms with Crippen molar-refractivity contribution in [2.24, 2.45) is 0 Å². The van der Waals surface area contributed by atoms with Crippen LogP contribution in [-0.2, 0) is 0 Å². The first-order chi connectivity index (χ1) is 8.09. The van der Waals surface area contributed by atoms with E-state index in [-0.39, 0.29) is 11.5 Å². The lowest BCUT2D eigenvalue weighted by molar-refractivity contribution is 0.101. The average Bonchev–Trinajstić information content (AvgIpc) is 2.28. The number of carbonyl (C=O) groups excluding carboxylic acids is 1. The summed E-state index contributed by atoms with van der Waals surface area (Å²) in [6.07, 6.45) is 0. The molecule has 0 bridgehead atoms. The van der Waals surface area contributed by atoms with Crippen LogP contribution < -0.4 is 0 Å². The molecule has 0 aromatic heterocycles. The summed E-state index contributed by atoms with van der Waals surface area (Å²) in [5, 5.41) is 9.88. The van der Waals surface area contributed by atoms with E-state index in [0.717, 1.165) is 16.7 Å². The van der Waals surface area contributed by atoms with Gasteiger partial charge in [0, 0.05) is 0 Å². The zero-order chi connectivity index (χ0) is 12.4. The van der Waals surface area contributed by atoms with Crippen LogP contribution in [0.3, 0.4) is 0 Å². The Morgan fingerprint density at radius 1 is 1.12 bits per heavy atom. The van der Waals surface area contributed by atoms with E-state index < -0.39 is 0 Å². The van der Waals surface area contributed by atoms with Gasteiger partial charge in [0.15, 0.2) is 5.78 Å². The number of Topliss-reactive ketones (excluding diaryl/α,β-unsaturated/α-hetero) is 1. The van der Waals surface area contributed by atoms with Gasteiger partial charge in [-0.2, -0.15) is 0 Å². The normalized spacial score (nSPS) is 10.2. The second kappa shape index (κ2) is 4.42. The van der Waals surface area contributed by atoms with Crippen LogP contribution >= 0.6 is 0 Å². The summed E-state index contributed by atoms with van der Waals surface area (Å²) in [4.78, 5) is 11.6. The second-order valence-corrected chi connectivity index (χ2v) is 4.13. The molecule has 0 aliphatic rings. The summed E-state index contributed by atoms with van der Waals surface area (Å²) < 4.78 is 0. The molecule has 1 N–H and O–H groups in total. The summed E-state index contributed by atoms with van der Waals surface area (Å²) in [5.74, 6) is -0.0716. The van der Waals surface area contributed by atoms with Gasteiger partial charge in [-0.15, -0.1) is 0 Å². The third-order valence-corrected chi connectivity index (χ3v) is 2.70. The summed E-state index contributed by atoms with van der Waals surface area (Å²) in [5.41, 5.74) is 3.06. The van der Waals surface area contributed by atoms with Crippen molar-refractivity contribution in [2.45, 2.75) is 13.8 Å². The van der Waals surface area contributed by atoms with Crippen molar-refractivity contribution < 1.29 is 9.90 Å². The zero-order valence-electron chi connectivity index (χ0n) is 9.90. The van der Waals surface area contributed by atoms with E-state index in [4.69, 9.17) is 0 Å². The number of hydrogen-bond acceptors (Lipinski definition) is 2. The lowest BCUT2D eigenvalue weighted by Crippen LogP contribution is -1.97. The van der Waals surface area contributed by atoms with Crippen LogP contribution in [0.15, 0.2) is 42.5 Å². The highest BCUT2D eigenvalue weighted by Gasteiger charge is 2.14. The van der Waals surface area contributed by atoms with E-state index >= 15 is 0 Å². The first-order valence-corrected chi connectivity index (χ1v) is 5.49. The highest BCUT2D eigenvalue weighted by molar-refractivity contribution is 6.03. The molecule has 2 aromatic carbocycles. The van der Waals surface area contributed by atoms with Gasteiger partial charge >= 0.3 is 0 Å². The Morgan fingerprint density at radius 3 is 2.35 bits per heavy atom. The van der Waals surface area contributed by atoms with Crippen LogP contribution in [0.5, 0.6) is 5.75 Å². The highest BCUT2D eigenvalue weighted by Crippen LogP contribution is 2.31. The van der Waals surface area contributed by atoms with E-state index in [1.807, 2.05) is 43.3 Å². The third-order valence-electron chi connectivity index (χ3n) is 2.70. The smallest absolute Gasteiger partial charge is 0.164 e. The minimum absolute atomic E-state index is 0.0522. The summed E-state index contributed by atoms with van der Waals surface area (Å²) in [7, 11) is 0. The van der Waals surface area contributed by atoms with Crippen LogP contribution in [0.1, 0.15) is 22.8 Å². The Balaban J connectivity index is 2.72. The number of phenols is 1. The molecule has 2 nitrogen and oxygen atoms in total. The second-order valence-electron chi connectivity index (χ2n) is 4.13. The number of rotatable bonds is 2. The Kier molecular flexibility index (Phi) is 2.96. The standard InChI is InChI=1S/C15H14O2/c1-10-8-13(12-6-4-3-5-7-12)15(11(2)16)14(17)9-10/h3-9,17H,1-2H3. The van der Waals surface area contributed by atoms with Gasteiger partial charge < -0.3 is 5.11 Å². The fourth-order valence-electron chi connectivity index (χ4n) is 1.98. The molecule has 2 rings (SSSR count). The first-order valence-electron chi connectivity index (χ1n) is 5.49. The van der Waals surface area contributed by atoms with Gasteiger partial charge in [0.25, 0.3) is 0 Å². The van der Waals surface area contributed by atoms with E-state index in [1.165, 1.54) is 6.92 Å². The van der Waals surface area contributed by atoms with E-state index in [1.54, 1.807) is 6.07 Å². The maximum atomic E-state index is 11.6. The Bertz CT molecular complexity index is 557. The van der Waals surface area contributed by atoms with Crippen molar-refractivity contribution in [3.8, 4) is 16.9 Å². The van der Waals surface area contributed by atoms with Gasteiger partial charge in [-0.3, -0.25) is 4.79 Å². The van der Waals surface area contributed by atoms with Gasteiger partial charge in [0.05, 0.1) is 5.56 Å². The molecule has 2 heteroatoms. The fourth-order valence-corrected chi connectivity index (χ4v) is 1.98. The van der Waals surface area contributed by atoms with Crippen molar-refractivity contribution in [1.29, 1.82) is 0 Å². The molecule has 0 spiro atoms. The maximum Gasteiger partial charge on any atom is 0.164 e. The van der Waals surface area contributed by atoms with E-state index in [2.05, 4.69) is 0 Å². The molecular weight excluding hydrogens is 212 g/mol. The van der Waals surface area contributed by atoms with Crippen molar-refractivity contribution >= 4 is 5.78 Å². The molecule has 86 valence electrons. The fraction of sp³-hybridized carbons (Fsp3) is 0.133. The van der Waals surface area contributed by atoms with Gasteiger partial charge in [0.1, 0.15) is 5.75 Å². The molecule has 0 aliphatic carbocycles. The maximum absolute atomic E-state index is 11.6. The Hall–Kier alpha value is -2.09. The lowest BCUT2D eigenvalue weighted by atomic mass is 9.95. The molecule has 0 radical (unpaired) electrons. The highest BCUT2D eigenvalue weighted by atomic mass is 16.3. The summed E-state index contributed by atoms with van der Waals surface area (Å²) in [6.45, 7) is 3.37. The molecule has 0 fully saturated rings. The predicted octanol–water partition coefficient (Wildman–Crippen LogP) is 3.57. The van der Waals surface area contributed by atoms with Crippen LogP contribution in [0.4, 0.5) is 0 Å². The number of aromatic hydroxyl groups is 1. The molecule has 17 heavy (non-hydrogen) atoms. The number of benzene rings is 2. The minimum atomic E-state index is -0.124. The Labute approximate surface area is 101 Å². The van der Waals surface area contributed by atoms with Crippen molar-refractivity contribution in [2.75, 3.05) is 0 Å². The van der Waals surface area contributed by atoms with Crippen molar-refractivity contribution in [3.05, 3.63) is 53.6 Å². The van der Waals surface area contributed by atoms with E-state index in [0.29, 0.717) is 5.56 Å². The number of aryl methyl sites for hydroxylation is 1. The topological polar surface area (TPSA) is 37.3 Å². The van der Waals surface area contributed by atoms with Gasteiger partial charge in [-0.25, -0.2) is 0 Å². The molecular formula is C15H14O2. The van der Waals surface area contributed by atoms with Gasteiger partial charge in [-0.1, -0.05) is 36.4 Å². The molecule has 0 amide bonds. The number of phenolic OH excluding ortho intramolecular Hbond substituents is 1. The van der Waals surface area contributed by atoms with Crippen LogP contribution in [-0.4, -0.2) is 10.9 Å². The average molecular weight is 226 g/mol. The van der Waals surface area contributed by atoms with Crippen molar-refractivity contribution in [1.82, 2.24) is 0 Å².